The average Bonchev–Trinajstić information content (AvgIpc) is 2.27. The summed E-state index contributed by atoms with van der Waals surface area (Å²) in [5.41, 5.74) is 0.378. The first-order chi connectivity index (χ1) is 7.96. The maximum Gasteiger partial charge on any atom is 0.314 e. The number of carbonyl (C=O) groups is 1. The highest BCUT2D eigenvalue weighted by Crippen LogP contribution is 2.44. The van der Waals surface area contributed by atoms with Gasteiger partial charge in [0.2, 0.25) is 0 Å². The Bertz CT molecular complexity index is 341. The van der Waals surface area contributed by atoms with Crippen molar-refractivity contribution in [3.63, 3.8) is 0 Å². The van der Waals surface area contributed by atoms with Crippen molar-refractivity contribution in [2.45, 2.75) is 27.2 Å². The third-order valence-corrected chi connectivity index (χ3v) is 3.88. The van der Waals surface area contributed by atoms with E-state index in [1.54, 1.807) is 7.11 Å². The third-order valence-electron chi connectivity index (χ3n) is 3.88. The van der Waals surface area contributed by atoms with E-state index in [4.69, 9.17) is 4.74 Å². The van der Waals surface area contributed by atoms with Gasteiger partial charge in [0.25, 0.3) is 0 Å². The fourth-order valence-corrected chi connectivity index (χ4v) is 2.64. The summed E-state index contributed by atoms with van der Waals surface area (Å²) in [7, 11) is 1.66. The summed E-state index contributed by atoms with van der Waals surface area (Å²) in [6.07, 6.45) is 6.52. The molecule has 0 aromatic heterocycles. The number of allylic oxidation sites excluding steroid dienone is 2. The molecule has 0 saturated carbocycles. The third kappa shape index (κ3) is 2.44. The van der Waals surface area contributed by atoms with Crippen LogP contribution < -0.4 is 0 Å². The van der Waals surface area contributed by atoms with Gasteiger partial charge < -0.3 is 9.84 Å². The first-order valence-electron chi connectivity index (χ1n) is 6.07. The van der Waals surface area contributed by atoms with Crippen molar-refractivity contribution in [1.29, 1.82) is 0 Å². The molecule has 17 heavy (non-hydrogen) atoms. The molecule has 96 valence electrons. The van der Waals surface area contributed by atoms with Gasteiger partial charge in [-0.25, -0.2) is 0 Å². The van der Waals surface area contributed by atoms with Crippen molar-refractivity contribution >= 4 is 5.97 Å². The molecule has 1 aliphatic rings. The molecule has 0 heterocycles. The number of hydrogen-bond donors (Lipinski definition) is 1. The number of carboxylic acids is 1. The topological polar surface area (TPSA) is 46.5 Å². The van der Waals surface area contributed by atoms with Crippen LogP contribution in [0.15, 0.2) is 23.8 Å². The van der Waals surface area contributed by atoms with Crippen molar-refractivity contribution in [1.82, 2.24) is 0 Å². The Kier molecular flexibility index (Phi) is 4.52. The average molecular weight is 238 g/mol. The summed E-state index contributed by atoms with van der Waals surface area (Å²) in [5.74, 6) is -0.656. The Balaban J connectivity index is 3.01. The van der Waals surface area contributed by atoms with Gasteiger partial charge in [-0.2, -0.15) is 0 Å². The second-order valence-electron chi connectivity index (χ2n) is 4.96. The minimum absolute atomic E-state index is 0.0140. The van der Waals surface area contributed by atoms with Crippen LogP contribution in [0.5, 0.6) is 0 Å². The lowest BCUT2D eigenvalue weighted by Gasteiger charge is -2.39. The van der Waals surface area contributed by atoms with Gasteiger partial charge in [0.1, 0.15) is 0 Å². The molecule has 0 aromatic carbocycles. The second-order valence-corrected chi connectivity index (χ2v) is 4.96. The molecule has 0 amide bonds. The highest BCUT2D eigenvalue weighted by molar-refractivity contribution is 5.79. The molecule has 1 N–H and O–H groups in total. The first kappa shape index (κ1) is 14.0. The zero-order valence-corrected chi connectivity index (χ0v) is 11.1. The van der Waals surface area contributed by atoms with Crippen LogP contribution in [0, 0.1) is 17.3 Å². The van der Waals surface area contributed by atoms with E-state index in [0.717, 1.165) is 12.0 Å². The van der Waals surface area contributed by atoms with Crippen LogP contribution in [0.2, 0.25) is 0 Å². The number of ether oxygens (including phenoxy) is 1. The fourth-order valence-electron chi connectivity index (χ4n) is 2.64. The van der Waals surface area contributed by atoms with E-state index in [-0.39, 0.29) is 11.8 Å². The number of hydrogen-bond acceptors (Lipinski definition) is 2. The van der Waals surface area contributed by atoms with Gasteiger partial charge >= 0.3 is 5.97 Å². The van der Waals surface area contributed by atoms with E-state index in [0.29, 0.717) is 6.61 Å². The predicted octanol–water partition coefficient (Wildman–Crippen LogP) is 2.88. The molecule has 0 saturated heterocycles. The molecule has 1 aliphatic carbocycles. The standard InChI is InChI=1S/C14H22O3/c1-10(2)14(13(15)16)8-5-6-12(11(14)3)7-9-17-4/h5-6,8,10-11H,7,9H2,1-4H3,(H,15,16). The fraction of sp³-hybridized carbons (Fsp3) is 0.643. The van der Waals surface area contributed by atoms with Crippen molar-refractivity contribution in [3.05, 3.63) is 23.8 Å². The van der Waals surface area contributed by atoms with Gasteiger partial charge in [-0.05, 0) is 18.3 Å². The quantitative estimate of drug-likeness (QED) is 0.801. The maximum absolute atomic E-state index is 11.6. The molecule has 0 spiro atoms. The smallest absolute Gasteiger partial charge is 0.314 e. The maximum atomic E-state index is 11.6. The molecule has 3 nitrogen and oxygen atoms in total. The van der Waals surface area contributed by atoms with E-state index < -0.39 is 11.4 Å². The minimum Gasteiger partial charge on any atom is -0.481 e. The van der Waals surface area contributed by atoms with Gasteiger partial charge in [0, 0.05) is 13.7 Å². The Morgan fingerprint density at radius 2 is 2.24 bits per heavy atom. The Morgan fingerprint density at radius 1 is 1.59 bits per heavy atom. The Hall–Kier alpha value is -1.09. The van der Waals surface area contributed by atoms with Gasteiger partial charge in [0.15, 0.2) is 0 Å². The van der Waals surface area contributed by atoms with Crippen molar-refractivity contribution < 1.29 is 14.6 Å². The van der Waals surface area contributed by atoms with Gasteiger partial charge in [-0.15, -0.1) is 0 Å². The van der Waals surface area contributed by atoms with E-state index in [9.17, 15) is 9.90 Å². The normalized spacial score (nSPS) is 28.3. The summed E-state index contributed by atoms with van der Waals surface area (Å²) >= 11 is 0. The number of rotatable bonds is 5. The summed E-state index contributed by atoms with van der Waals surface area (Å²) in [5, 5.41) is 9.56. The van der Waals surface area contributed by atoms with Crippen LogP contribution in [0.4, 0.5) is 0 Å². The van der Waals surface area contributed by atoms with Gasteiger partial charge in [0.05, 0.1) is 5.41 Å². The zero-order chi connectivity index (χ0) is 13.1. The molecular formula is C14H22O3. The monoisotopic (exact) mass is 238 g/mol. The molecule has 3 heteroatoms. The van der Waals surface area contributed by atoms with Crippen LogP contribution in [-0.4, -0.2) is 24.8 Å². The highest BCUT2D eigenvalue weighted by atomic mass is 16.5. The molecule has 2 unspecified atom stereocenters. The van der Waals surface area contributed by atoms with Crippen molar-refractivity contribution in [2.75, 3.05) is 13.7 Å². The molecule has 1 rings (SSSR count). The summed E-state index contributed by atoms with van der Waals surface area (Å²) in [6.45, 7) is 6.57. The Labute approximate surface area is 103 Å². The first-order valence-corrected chi connectivity index (χ1v) is 6.07. The molecule has 0 radical (unpaired) electrons. The molecule has 0 bridgehead atoms. The van der Waals surface area contributed by atoms with Crippen LogP contribution in [0.25, 0.3) is 0 Å². The van der Waals surface area contributed by atoms with Crippen LogP contribution in [-0.2, 0) is 9.53 Å². The number of aliphatic carboxylic acids is 1. The van der Waals surface area contributed by atoms with Crippen LogP contribution in [0.1, 0.15) is 27.2 Å². The molecule has 0 aromatic rings. The van der Waals surface area contributed by atoms with E-state index in [1.165, 1.54) is 0 Å². The molecular weight excluding hydrogens is 216 g/mol. The SMILES string of the molecule is COCCC1=CC=CC(C(=O)O)(C(C)C)C1C. The number of methoxy groups -OCH3 is 1. The van der Waals surface area contributed by atoms with Crippen molar-refractivity contribution in [2.24, 2.45) is 17.3 Å². The Morgan fingerprint density at radius 3 is 2.71 bits per heavy atom. The van der Waals surface area contributed by atoms with Crippen LogP contribution in [0.3, 0.4) is 0 Å². The lowest BCUT2D eigenvalue weighted by molar-refractivity contribution is -0.150. The molecule has 0 fully saturated rings. The highest BCUT2D eigenvalue weighted by Gasteiger charge is 2.46. The van der Waals surface area contributed by atoms with E-state index in [1.807, 2.05) is 39.0 Å². The minimum atomic E-state index is -0.780. The van der Waals surface area contributed by atoms with Crippen LogP contribution >= 0.6 is 0 Å². The van der Waals surface area contributed by atoms with E-state index >= 15 is 0 Å². The summed E-state index contributed by atoms with van der Waals surface area (Å²) in [4.78, 5) is 11.6. The number of carboxylic acid groups (broad SMARTS) is 1. The molecule has 0 aliphatic heterocycles. The lowest BCUT2D eigenvalue weighted by atomic mass is 9.63. The molecule has 2 atom stereocenters. The summed E-state index contributed by atoms with van der Waals surface area (Å²) in [6, 6.07) is 0. The van der Waals surface area contributed by atoms with Gasteiger partial charge in [-0.3, -0.25) is 4.79 Å². The van der Waals surface area contributed by atoms with Crippen molar-refractivity contribution in [3.8, 4) is 0 Å². The summed E-state index contributed by atoms with van der Waals surface area (Å²) < 4.78 is 5.07. The van der Waals surface area contributed by atoms with E-state index in [2.05, 4.69) is 0 Å². The second kappa shape index (κ2) is 5.50. The van der Waals surface area contributed by atoms with Gasteiger partial charge in [-0.1, -0.05) is 44.6 Å². The predicted molar refractivity (Wildman–Crippen MR) is 67.8 cm³/mol. The zero-order valence-electron chi connectivity index (χ0n) is 11.1. The largest absolute Gasteiger partial charge is 0.481 e. The lowest BCUT2D eigenvalue weighted by Crippen LogP contribution is -2.42.